The van der Waals surface area contributed by atoms with Crippen LogP contribution in [-0.4, -0.2) is 14.7 Å². The van der Waals surface area contributed by atoms with Gasteiger partial charge in [-0.2, -0.15) is 0 Å². The molecule has 0 amide bonds. The fourth-order valence-corrected chi connectivity index (χ4v) is 1.20. The van der Waals surface area contributed by atoms with E-state index in [4.69, 9.17) is 0 Å². The number of sulfone groups is 1. The van der Waals surface area contributed by atoms with Crippen molar-refractivity contribution in [1.82, 2.24) is 0 Å². The number of halogens is 1. The molecule has 11 heavy (non-hydrogen) atoms. The summed E-state index contributed by atoms with van der Waals surface area (Å²) in [6.07, 6.45) is 1.01. The van der Waals surface area contributed by atoms with E-state index in [1.807, 2.05) is 0 Å². The van der Waals surface area contributed by atoms with Gasteiger partial charge in [0.15, 0.2) is 0 Å². The summed E-state index contributed by atoms with van der Waals surface area (Å²) >= 11 is 0. The van der Waals surface area contributed by atoms with Crippen molar-refractivity contribution in [2.24, 2.45) is 0 Å². The molecule has 0 N–H and O–H groups in total. The molecule has 5 heteroatoms. The molecular formula is C6H7FO3S. The van der Waals surface area contributed by atoms with Crippen molar-refractivity contribution in [1.29, 1.82) is 0 Å². The second kappa shape index (κ2) is 2.65. The minimum absolute atomic E-state index is 0.0328. The number of alkyl halides is 1. The Balaban J connectivity index is 3.09. The lowest BCUT2D eigenvalue weighted by Crippen LogP contribution is -1.93. The van der Waals surface area contributed by atoms with Crippen molar-refractivity contribution in [3.63, 3.8) is 0 Å². The first-order chi connectivity index (χ1) is 5.04. The van der Waals surface area contributed by atoms with Crippen LogP contribution in [0.1, 0.15) is 5.76 Å². The second-order valence-corrected chi connectivity index (χ2v) is 4.07. The largest absolute Gasteiger partial charge is 0.447 e. The summed E-state index contributed by atoms with van der Waals surface area (Å²) in [7, 11) is -3.33. The standard InChI is InChI=1S/C6H7FO3S/c1-11(8,9)6-3-2-5(4-7)10-6/h2-3H,4H2,1H3. The summed E-state index contributed by atoms with van der Waals surface area (Å²) in [4.78, 5) is 0. The summed E-state index contributed by atoms with van der Waals surface area (Å²) in [5.74, 6) is 0.0328. The quantitative estimate of drug-likeness (QED) is 0.682. The first-order valence-corrected chi connectivity index (χ1v) is 4.78. The number of hydrogen-bond acceptors (Lipinski definition) is 3. The fraction of sp³-hybridized carbons (Fsp3) is 0.333. The molecule has 0 radical (unpaired) electrons. The van der Waals surface area contributed by atoms with E-state index in [1.165, 1.54) is 12.1 Å². The van der Waals surface area contributed by atoms with E-state index in [0.29, 0.717) is 0 Å². The Labute approximate surface area is 63.7 Å². The highest BCUT2D eigenvalue weighted by Gasteiger charge is 2.11. The summed E-state index contributed by atoms with van der Waals surface area (Å²) < 4.78 is 38.0. The molecule has 0 atom stereocenters. The maximum Gasteiger partial charge on any atom is 0.218 e. The van der Waals surface area contributed by atoms with Gasteiger partial charge in [0.25, 0.3) is 0 Å². The maximum atomic E-state index is 11.8. The highest BCUT2D eigenvalue weighted by molar-refractivity contribution is 7.90. The Bertz CT molecular complexity index is 338. The topological polar surface area (TPSA) is 47.3 Å². The van der Waals surface area contributed by atoms with Gasteiger partial charge in [0, 0.05) is 6.26 Å². The van der Waals surface area contributed by atoms with Crippen molar-refractivity contribution in [2.75, 3.05) is 6.26 Å². The predicted octanol–water partition coefficient (Wildman–Crippen LogP) is 1.15. The van der Waals surface area contributed by atoms with Crippen molar-refractivity contribution in [2.45, 2.75) is 11.8 Å². The van der Waals surface area contributed by atoms with Gasteiger partial charge in [-0.3, -0.25) is 0 Å². The van der Waals surface area contributed by atoms with Gasteiger partial charge in [0.1, 0.15) is 12.4 Å². The molecule has 1 aromatic rings. The first-order valence-electron chi connectivity index (χ1n) is 2.89. The highest BCUT2D eigenvalue weighted by Crippen LogP contribution is 2.13. The maximum absolute atomic E-state index is 11.8. The molecule has 0 saturated heterocycles. The normalized spacial score (nSPS) is 11.8. The van der Waals surface area contributed by atoms with E-state index in [1.54, 1.807) is 0 Å². The van der Waals surface area contributed by atoms with Gasteiger partial charge in [0.05, 0.1) is 0 Å². The third kappa shape index (κ3) is 1.80. The summed E-state index contributed by atoms with van der Waals surface area (Å²) in [6.45, 7) is -0.782. The summed E-state index contributed by atoms with van der Waals surface area (Å²) in [5, 5.41) is -0.190. The third-order valence-electron chi connectivity index (χ3n) is 1.13. The molecule has 0 saturated carbocycles. The van der Waals surface area contributed by atoms with Crippen LogP contribution in [0.25, 0.3) is 0 Å². The van der Waals surface area contributed by atoms with Gasteiger partial charge < -0.3 is 4.42 Å². The first kappa shape index (κ1) is 8.26. The molecule has 0 unspecified atom stereocenters. The molecule has 0 aliphatic carbocycles. The van der Waals surface area contributed by atoms with Gasteiger partial charge in [-0.1, -0.05) is 0 Å². The molecule has 3 nitrogen and oxygen atoms in total. The van der Waals surface area contributed by atoms with Crippen LogP contribution in [0.3, 0.4) is 0 Å². The Kier molecular flexibility index (Phi) is 1.99. The van der Waals surface area contributed by atoms with Gasteiger partial charge in [-0.05, 0) is 12.1 Å². The molecular weight excluding hydrogens is 171 g/mol. The van der Waals surface area contributed by atoms with Crippen LogP contribution < -0.4 is 0 Å². The Morgan fingerprint density at radius 2 is 2.18 bits per heavy atom. The van der Waals surface area contributed by atoms with Crippen LogP contribution in [-0.2, 0) is 16.5 Å². The molecule has 1 rings (SSSR count). The zero-order valence-electron chi connectivity index (χ0n) is 5.87. The Morgan fingerprint density at radius 3 is 2.45 bits per heavy atom. The number of furan rings is 1. The van der Waals surface area contributed by atoms with Crippen molar-refractivity contribution < 1.29 is 17.2 Å². The third-order valence-corrected chi connectivity index (χ3v) is 2.08. The molecule has 0 aliphatic rings. The molecule has 1 aromatic heterocycles. The number of rotatable bonds is 2. The Morgan fingerprint density at radius 1 is 1.55 bits per heavy atom. The van der Waals surface area contributed by atoms with E-state index < -0.39 is 16.5 Å². The SMILES string of the molecule is CS(=O)(=O)c1ccc(CF)o1. The van der Waals surface area contributed by atoms with Crippen molar-refractivity contribution >= 4 is 9.84 Å². The van der Waals surface area contributed by atoms with E-state index in [0.717, 1.165) is 6.26 Å². The summed E-state index contributed by atoms with van der Waals surface area (Å²) in [5.41, 5.74) is 0. The molecule has 0 bridgehead atoms. The second-order valence-electron chi connectivity index (χ2n) is 2.13. The van der Waals surface area contributed by atoms with Crippen molar-refractivity contribution in [3.05, 3.63) is 17.9 Å². The molecule has 0 aromatic carbocycles. The zero-order valence-corrected chi connectivity index (χ0v) is 6.69. The predicted molar refractivity (Wildman–Crippen MR) is 36.6 cm³/mol. The van der Waals surface area contributed by atoms with Crippen LogP contribution >= 0.6 is 0 Å². The van der Waals surface area contributed by atoms with E-state index in [9.17, 15) is 12.8 Å². The monoisotopic (exact) mass is 178 g/mol. The molecule has 0 fully saturated rings. The Hall–Kier alpha value is -0.840. The zero-order chi connectivity index (χ0) is 8.48. The van der Waals surface area contributed by atoms with Gasteiger partial charge in [-0.25, -0.2) is 12.8 Å². The number of hydrogen-bond donors (Lipinski definition) is 0. The smallest absolute Gasteiger partial charge is 0.218 e. The van der Waals surface area contributed by atoms with Gasteiger partial charge in [-0.15, -0.1) is 0 Å². The fourth-order valence-electron chi connectivity index (χ4n) is 0.629. The van der Waals surface area contributed by atoms with Crippen LogP contribution in [0.15, 0.2) is 21.6 Å². The minimum atomic E-state index is -3.33. The minimum Gasteiger partial charge on any atom is -0.447 e. The van der Waals surface area contributed by atoms with E-state index >= 15 is 0 Å². The lowest BCUT2D eigenvalue weighted by atomic mass is 10.5. The summed E-state index contributed by atoms with van der Waals surface area (Å²) in [6, 6.07) is 2.54. The van der Waals surface area contributed by atoms with Crippen LogP contribution in [0, 0.1) is 0 Å². The molecule has 0 spiro atoms. The van der Waals surface area contributed by atoms with Crippen molar-refractivity contribution in [3.8, 4) is 0 Å². The van der Waals surface area contributed by atoms with E-state index in [-0.39, 0.29) is 10.9 Å². The highest BCUT2D eigenvalue weighted by atomic mass is 32.2. The van der Waals surface area contributed by atoms with E-state index in [2.05, 4.69) is 4.42 Å². The average Bonchev–Trinajstić information content (AvgIpc) is 2.32. The van der Waals surface area contributed by atoms with Crippen LogP contribution in [0.4, 0.5) is 4.39 Å². The van der Waals surface area contributed by atoms with Crippen LogP contribution in [0.5, 0.6) is 0 Å². The lowest BCUT2D eigenvalue weighted by Gasteiger charge is -1.88. The lowest BCUT2D eigenvalue weighted by molar-refractivity contribution is 0.352. The van der Waals surface area contributed by atoms with Gasteiger partial charge in [0.2, 0.25) is 14.9 Å². The molecule has 1 heterocycles. The molecule has 0 aliphatic heterocycles. The van der Waals surface area contributed by atoms with Gasteiger partial charge >= 0.3 is 0 Å². The molecule has 62 valence electrons. The van der Waals surface area contributed by atoms with Crippen LogP contribution in [0.2, 0.25) is 0 Å². The average molecular weight is 178 g/mol.